The topological polar surface area (TPSA) is 43.7 Å². The Morgan fingerprint density at radius 3 is 2.90 bits per heavy atom. The molecule has 1 atom stereocenters. The van der Waals surface area contributed by atoms with E-state index in [9.17, 15) is 4.39 Å². The zero-order chi connectivity index (χ0) is 14.6. The van der Waals surface area contributed by atoms with E-state index in [1.165, 1.54) is 7.11 Å². The van der Waals surface area contributed by atoms with Gasteiger partial charge >= 0.3 is 0 Å². The molecule has 0 bridgehead atoms. The van der Waals surface area contributed by atoms with Gasteiger partial charge in [-0.2, -0.15) is 0 Å². The van der Waals surface area contributed by atoms with Crippen molar-refractivity contribution in [2.75, 3.05) is 13.7 Å². The summed E-state index contributed by atoms with van der Waals surface area (Å²) in [6.07, 6.45) is 3.83. The molecule has 0 amide bonds. The molecule has 0 saturated heterocycles. The summed E-state index contributed by atoms with van der Waals surface area (Å²) in [7, 11) is 1.40. The average Bonchev–Trinajstić information content (AvgIpc) is 2.47. The number of aromatic nitrogens is 1. The van der Waals surface area contributed by atoms with Gasteiger partial charge in [-0.3, -0.25) is 4.98 Å². The summed E-state index contributed by atoms with van der Waals surface area (Å²) in [4.78, 5) is 8.16. The highest BCUT2D eigenvalue weighted by molar-refractivity contribution is 6.34. The van der Waals surface area contributed by atoms with Crippen molar-refractivity contribution in [3.63, 3.8) is 0 Å². The molecular formula is C14H16ClFN2O2. The molecule has 108 valence electrons. The Bertz CT molecular complexity index is 533. The molecule has 1 aliphatic heterocycles. The van der Waals surface area contributed by atoms with Crippen molar-refractivity contribution in [2.45, 2.75) is 24.8 Å². The van der Waals surface area contributed by atoms with Crippen LogP contribution in [0.1, 0.15) is 25.3 Å². The van der Waals surface area contributed by atoms with Gasteiger partial charge < -0.3 is 9.47 Å². The van der Waals surface area contributed by atoms with Gasteiger partial charge in [0.15, 0.2) is 0 Å². The third kappa shape index (κ3) is 2.99. The summed E-state index contributed by atoms with van der Waals surface area (Å²) < 4.78 is 24.9. The summed E-state index contributed by atoms with van der Waals surface area (Å²) >= 11 is 6.24. The molecule has 2 heterocycles. The van der Waals surface area contributed by atoms with Gasteiger partial charge in [-0.05, 0) is 18.6 Å². The number of methoxy groups -OCH3 is 1. The van der Waals surface area contributed by atoms with Crippen LogP contribution >= 0.6 is 11.6 Å². The Kier molecular flexibility index (Phi) is 4.73. The summed E-state index contributed by atoms with van der Waals surface area (Å²) in [6, 6.07) is 3.45. The first-order valence-corrected chi connectivity index (χ1v) is 6.73. The Morgan fingerprint density at radius 2 is 2.30 bits per heavy atom. The highest BCUT2D eigenvalue weighted by atomic mass is 35.5. The molecule has 2 rings (SSSR count). The zero-order valence-corrected chi connectivity index (χ0v) is 12.2. The second-order valence-electron chi connectivity index (χ2n) is 4.37. The van der Waals surface area contributed by atoms with Gasteiger partial charge in [0.25, 0.3) is 0 Å². The molecule has 20 heavy (non-hydrogen) atoms. The molecule has 0 fully saturated rings. The summed E-state index contributed by atoms with van der Waals surface area (Å²) in [5.41, 5.74) is 0.773. The lowest BCUT2D eigenvalue weighted by molar-refractivity contribution is 0.0869. The highest BCUT2D eigenvalue weighted by Gasteiger charge is 2.41. The van der Waals surface area contributed by atoms with E-state index >= 15 is 0 Å². The minimum Gasteiger partial charge on any atom is -0.478 e. The van der Waals surface area contributed by atoms with Crippen LogP contribution in [0, 0.1) is 0 Å². The second kappa shape index (κ2) is 6.33. The number of nitrogens with zero attached hydrogens (tertiary/aromatic N) is 2. The van der Waals surface area contributed by atoms with Crippen LogP contribution in [0.3, 0.4) is 0 Å². The quantitative estimate of drug-likeness (QED) is 0.799. The van der Waals surface area contributed by atoms with Crippen molar-refractivity contribution in [1.82, 2.24) is 4.98 Å². The van der Waals surface area contributed by atoms with Crippen molar-refractivity contribution >= 4 is 23.2 Å². The standard InChI is InChI=1S/C14H16ClFN2O2/c1-3-7-20-13-14(15,19-2)8-11(16)12(18-13)10-5-4-6-17-9-10/h4-6,9H,3,7-8H2,1-2H3. The van der Waals surface area contributed by atoms with Crippen LogP contribution in [0.4, 0.5) is 4.39 Å². The molecule has 1 aliphatic rings. The minimum absolute atomic E-state index is 0.127. The number of ether oxygens (including phenoxy) is 2. The number of aliphatic imine (C=N–C) groups is 1. The number of hydrogen-bond acceptors (Lipinski definition) is 4. The van der Waals surface area contributed by atoms with Crippen molar-refractivity contribution in [1.29, 1.82) is 0 Å². The number of halogens is 2. The monoisotopic (exact) mass is 298 g/mol. The van der Waals surface area contributed by atoms with Crippen LogP contribution in [0.2, 0.25) is 0 Å². The lowest BCUT2D eigenvalue weighted by Crippen LogP contribution is -2.39. The fourth-order valence-corrected chi connectivity index (χ4v) is 2.04. The van der Waals surface area contributed by atoms with Gasteiger partial charge in [0.2, 0.25) is 11.0 Å². The number of pyridine rings is 1. The molecule has 4 nitrogen and oxygen atoms in total. The third-order valence-electron chi connectivity index (χ3n) is 2.87. The van der Waals surface area contributed by atoms with E-state index in [2.05, 4.69) is 9.98 Å². The van der Waals surface area contributed by atoms with Gasteiger partial charge in [0, 0.05) is 25.1 Å². The minimum atomic E-state index is -1.38. The summed E-state index contributed by atoms with van der Waals surface area (Å²) in [6.45, 7) is 2.41. The van der Waals surface area contributed by atoms with Gasteiger partial charge in [-0.1, -0.05) is 18.5 Å². The Labute approximate surface area is 122 Å². The molecule has 1 unspecified atom stereocenters. The number of hydrogen-bond donors (Lipinski definition) is 0. The first-order chi connectivity index (χ1) is 9.60. The Balaban J connectivity index is 2.38. The Hall–Kier alpha value is -1.46. The number of alkyl halides is 1. The molecule has 0 N–H and O–H groups in total. The molecular weight excluding hydrogens is 283 g/mol. The largest absolute Gasteiger partial charge is 0.478 e. The Morgan fingerprint density at radius 1 is 1.50 bits per heavy atom. The maximum Gasteiger partial charge on any atom is 0.238 e. The predicted octanol–water partition coefficient (Wildman–Crippen LogP) is 3.53. The number of rotatable bonds is 4. The molecule has 1 aromatic rings. The summed E-state index contributed by atoms with van der Waals surface area (Å²) in [5, 5.41) is -1.38. The van der Waals surface area contributed by atoms with Crippen LogP contribution in [-0.2, 0) is 9.47 Å². The molecule has 0 aliphatic carbocycles. The fourth-order valence-electron chi connectivity index (χ4n) is 1.83. The van der Waals surface area contributed by atoms with Crippen molar-refractivity contribution in [3.8, 4) is 0 Å². The van der Waals surface area contributed by atoms with E-state index in [0.29, 0.717) is 12.2 Å². The van der Waals surface area contributed by atoms with Gasteiger partial charge in [-0.25, -0.2) is 9.38 Å². The predicted molar refractivity (Wildman–Crippen MR) is 76.2 cm³/mol. The van der Waals surface area contributed by atoms with Crippen molar-refractivity contribution < 1.29 is 13.9 Å². The van der Waals surface area contributed by atoms with Crippen molar-refractivity contribution in [3.05, 3.63) is 35.9 Å². The van der Waals surface area contributed by atoms with Crippen LogP contribution in [0.25, 0.3) is 5.70 Å². The van der Waals surface area contributed by atoms with E-state index < -0.39 is 10.9 Å². The lowest BCUT2D eigenvalue weighted by atomic mass is 10.1. The zero-order valence-electron chi connectivity index (χ0n) is 11.4. The maximum atomic E-state index is 14.2. The van der Waals surface area contributed by atoms with E-state index in [4.69, 9.17) is 21.1 Å². The fraction of sp³-hybridized carbons (Fsp3) is 0.429. The van der Waals surface area contributed by atoms with Crippen LogP contribution in [0.5, 0.6) is 0 Å². The van der Waals surface area contributed by atoms with Crippen molar-refractivity contribution in [2.24, 2.45) is 4.99 Å². The average molecular weight is 299 g/mol. The molecule has 6 heteroatoms. The molecule has 0 saturated carbocycles. The molecule has 0 aromatic carbocycles. The van der Waals surface area contributed by atoms with Gasteiger partial charge in [-0.15, -0.1) is 0 Å². The molecule has 0 spiro atoms. The summed E-state index contributed by atoms with van der Waals surface area (Å²) in [5.74, 6) is -0.262. The van der Waals surface area contributed by atoms with Gasteiger partial charge in [0.1, 0.15) is 11.5 Å². The van der Waals surface area contributed by atoms with Gasteiger partial charge in [0.05, 0.1) is 13.0 Å². The van der Waals surface area contributed by atoms with E-state index in [0.717, 1.165) is 6.42 Å². The smallest absolute Gasteiger partial charge is 0.238 e. The first kappa shape index (κ1) is 14.9. The molecule has 0 radical (unpaired) electrons. The normalized spacial score (nSPS) is 22.7. The SMILES string of the molecule is CCCOC1=NC(c2cccnc2)=C(F)CC1(Cl)OC. The van der Waals surface area contributed by atoms with Crippen LogP contribution in [0.15, 0.2) is 35.3 Å². The second-order valence-corrected chi connectivity index (χ2v) is 4.98. The third-order valence-corrected chi connectivity index (χ3v) is 3.32. The van der Waals surface area contributed by atoms with Crippen LogP contribution < -0.4 is 0 Å². The van der Waals surface area contributed by atoms with E-state index in [-0.39, 0.29) is 18.0 Å². The first-order valence-electron chi connectivity index (χ1n) is 6.35. The maximum absolute atomic E-state index is 14.2. The highest BCUT2D eigenvalue weighted by Crippen LogP contribution is 2.38. The van der Waals surface area contributed by atoms with Crippen LogP contribution in [-0.4, -0.2) is 29.7 Å². The lowest BCUT2D eigenvalue weighted by Gasteiger charge is -2.29. The van der Waals surface area contributed by atoms with E-state index in [1.807, 2.05) is 6.92 Å². The van der Waals surface area contributed by atoms with E-state index in [1.54, 1.807) is 24.5 Å². The molecule has 1 aromatic heterocycles.